The minimum absolute atomic E-state index is 0.00572. The molecule has 10 heteroatoms. The van der Waals surface area contributed by atoms with Crippen LogP contribution >= 0.6 is 0 Å². The van der Waals surface area contributed by atoms with Gasteiger partial charge in [-0.1, -0.05) is 6.58 Å². The molecule has 0 atom stereocenters. The average molecular weight is 321 g/mol. The van der Waals surface area contributed by atoms with Gasteiger partial charge in [0, 0.05) is 11.6 Å². The van der Waals surface area contributed by atoms with Gasteiger partial charge in [-0.15, -0.1) is 0 Å². The maximum atomic E-state index is 11.3. The molecule has 122 valence electrons. The van der Waals surface area contributed by atoms with Gasteiger partial charge >= 0.3 is 5.69 Å². The number of hydrazone groups is 1. The van der Waals surface area contributed by atoms with E-state index in [-0.39, 0.29) is 18.1 Å². The molecule has 1 aromatic rings. The van der Waals surface area contributed by atoms with Gasteiger partial charge in [0.15, 0.2) is 0 Å². The third kappa shape index (κ3) is 5.19. The smallest absolute Gasteiger partial charge is 0.301 e. The van der Waals surface area contributed by atoms with Crippen LogP contribution in [0.3, 0.4) is 0 Å². The van der Waals surface area contributed by atoms with Crippen molar-refractivity contribution in [3.05, 3.63) is 50.6 Å². The lowest BCUT2D eigenvalue weighted by Crippen LogP contribution is -2.29. The highest BCUT2D eigenvalue weighted by molar-refractivity contribution is 5.95. The Morgan fingerprint density at radius 1 is 1.26 bits per heavy atom. The third-order valence-corrected chi connectivity index (χ3v) is 2.65. The number of non-ortho nitro benzene ring substituents is 1. The first-order valence-corrected chi connectivity index (χ1v) is 6.38. The number of anilines is 1. The summed E-state index contributed by atoms with van der Waals surface area (Å²) >= 11 is 0. The molecule has 23 heavy (non-hydrogen) atoms. The monoisotopic (exact) mass is 321 g/mol. The Labute approximate surface area is 131 Å². The molecule has 0 spiro atoms. The SMILES string of the molecule is C=C(C)C(=O)NC/C(C)=N/Nc1ccc([N+](=O)[O-])cc1[N+](=O)[O-]. The number of carbonyl (C=O) groups excluding carboxylic acids is 1. The number of nitrogens with zero attached hydrogens (tertiary/aromatic N) is 3. The summed E-state index contributed by atoms with van der Waals surface area (Å²) < 4.78 is 0. The van der Waals surface area contributed by atoms with Crippen molar-refractivity contribution < 1.29 is 14.6 Å². The highest BCUT2D eigenvalue weighted by Crippen LogP contribution is 2.28. The van der Waals surface area contributed by atoms with Crippen LogP contribution in [0.1, 0.15) is 13.8 Å². The molecule has 0 aliphatic heterocycles. The maximum absolute atomic E-state index is 11.3. The van der Waals surface area contributed by atoms with Gasteiger partial charge in [-0.25, -0.2) is 0 Å². The molecule has 0 aliphatic carbocycles. The Morgan fingerprint density at radius 2 is 1.91 bits per heavy atom. The second-order valence-electron chi connectivity index (χ2n) is 4.64. The number of carbonyl (C=O) groups is 1. The maximum Gasteiger partial charge on any atom is 0.301 e. The molecule has 0 aromatic heterocycles. The molecule has 0 aliphatic rings. The Kier molecular flexibility index (Phi) is 5.89. The molecule has 0 saturated carbocycles. The van der Waals surface area contributed by atoms with Crippen molar-refractivity contribution >= 4 is 28.7 Å². The number of hydrogen-bond acceptors (Lipinski definition) is 7. The van der Waals surface area contributed by atoms with E-state index in [1.54, 1.807) is 13.8 Å². The highest BCUT2D eigenvalue weighted by Gasteiger charge is 2.19. The van der Waals surface area contributed by atoms with E-state index in [2.05, 4.69) is 22.4 Å². The fraction of sp³-hybridized carbons (Fsp3) is 0.231. The quantitative estimate of drug-likeness (QED) is 0.340. The largest absolute Gasteiger partial charge is 0.347 e. The standard InChI is InChI=1S/C13H15N5O5/c1-8(2)13(19)14-7-9(3)15-16-11-5-4-10(17(20)21)6-12(11)18(22)23/h4-6,16H,1,7H2,2-3H3,(H,14,19)/b15-9+. The molecule has 2 N–H and O–H groups in total. The number of rotatable bonds is 7. The van der Waals surface area contributed by atoms with Crippen LogP contribution in [0.15, 0.2) is 35.5 Å². The molecule has 1 amide bonds. The number of nitro benzene ring substituents is 2. The van der Waals surface area contributed by atoms with E-state index in [0.29, 0.717) is 11.3 Å². The Balaban J connectivity index is 2.85. The summed E-state index contributed by atoms with van der Waals surface area (Å²) in [6.07, 6.45) is 0. The zero-order valence-electron chi connectivity index (χ0n) is 12.5. The summed E-state index contributed by atoms with van der Waals surface area (Å²) in [5.74, 6) is -0.333. The van der Waals surface area contributed by atoms with Crippen molar-refractivity contribution in [1.82, 2.24) is 5.32 Å². The normalized spacial score (nSPS) is 10.8. The molecule has 10 nitrogen and oxygen atoms in total. The topological polar surface area (TPSA) is 140 Å². The van der Waals surface area contributed by atoms with Crippen LogP contribution in [0.5, 0.6) is 0 Å². The van der Waals surface area contributed by atoms with Crippen LogP contribution in [0.25, 0.3) is 0 Å². The zero-order chi connectivity index (χ0) is 17.6. The molecule has 0 radical (unpaired) electrons. The lowest BCUT2D eigenvalue weighted by Gasteiger charge is -2.06. The van der Waals surface area contributed by atoms with E-state index in [1.807, 2.05) is 0 Å². The van der Waals surface area contributed by atoms with Gasteiger partial charge in [-0.05, 0) is 19.9 Å². The van der Waals surface area contributed by atoms with Crippen molar-refractivity contribution in [3.8, 4) is 0 Å². The fourth-order valence-corrected chi connectivity index (χ4v) is 1.43. The van der Waals surface area contributed by atoms with Crippen LogP contribution in [0.4, 0.5) is 17.1 Å². The summed E-state index contributed by atoms with van der Waals surface area (Å²) in [7, 11) is 0. The van der Waals surface area contributed by atoms with Crippen molar-refractivity contribution in [2.45, 2.75) is 13.8 Å². The van der Waals surface area contributed by atoms with Gasteiger partial charge < -0.3 is 5.32 Å². The minimum Gasteiger partial charge on any atom is -0.347 e. The summed E-state index contributed by atoms with van der Waals surface area (Å²) in [6.45, 7) is 6.76. The predicted octanol–water partition coefficient (Wildman–Crippen LogP) is 1.98. The Morgan fingerprint density at radius 3 is 2.43 bits per heavy atom. The summed E-state index contributed by atoms with van der Waals surface area (Å²) in [6, 6.07) is 3.17. The molecular formula is C13H15N5O5. The molecule has 0 heterocycles. The molecular weight excluding hydrogens is 306 g/mol. The van der Waals surface area contributed by atoms with Crippen molar-refractivity contribution in [2.24, 2.45) is 5.10 Å². The van der Waals surface area contributed by atoms with Crippen molar-refractivity contribution in [1.29, 1.82) is 0 Å². The predicted molar refractivity (Wildman–Crippen MR) is 84.3 cm³/mol. The molecule has 0 saturated heterocycles. The molecule has 0 unspecified atom stereocenters. The fourth-order valence-electron chi connectivity index (χ4n) is 1.43. The van der Waals surface area contributed by atoms with E-state index in [9.17, 15) is 25.0 Å². The van der Waals surface area contributed by atoms with Gasteiger partial charge in [0.25, 0.3) is 5.69 Å². The third-order valence-electron chi connectivity index (χ3n) is 2.65. The Bertz CT molecular complexity index is 698. The minimum atomic E-state index is -0.747. The van der Waals surface area contributed by atoms with Crippen molar-refractivity contribution in [2.75, 3.05) is 12.0 Å². The molecule has 0 bridgehead atoms. The molecule has 0 fully saturated rings. The first-order valence-electron chi connectivity index (χ1n) is 6.38. The van der Waals surface area contributed by atoms with Gasteiger partial charge in [0.05, 0.1) is 28.2 Å². The second-order valence-corrected chi connectivity index (χ2v) is 4.64. The summed E-state index contributed by atoms with van der Waals surface area (Å²) in [5.41, 5.74) is 2.40. The van der Waals surface area contributed by atoms with E-state index < -0.39 is 21.2 Å². The molecule has 1 rings (SSSR count). The van der Waals surface area contributed by atoms with Gasteiger partial charge in [-0.2, -0.15) is 5.10 Å². The second kappa shape index (κ2) is 7.64. The van der Waals surface area contributed by atoms with Crippen LogP contribution in [-0.2, 0) is 4.79 Å². The van der Waals surface area contributed by atoms with Crippen LogP contribution in [0, 0.1) is 20.2 Å². The number of amides is 1. The summed E-state index contributed by atoms with van der Waals surface area (Å²) in [4.78, 5) is 31.5. The van der Waals surface area contributed by atoms with Crippen molar-refractivity contribution in [3.63, 3.8) is 0 Å². The van der Waals surface area contributed by atoms with Crippen LogP contribution in [0.2, 0.25) is 0 Å². The first-order chi connectivity index (χ1) is 10.7. The average Bonchev–Trinajstić information content (AvgIpc) is 2.49. The van der Waals surface area contributed by atoms with E-state index in [1.165, 1.54) is 6.07 Å². The van der Waals surface area contributed by atoms with E-state index in [0.717, 1.165) is 12.1 Å². The molecule has 1 aromatic carbocycles. The summed E-state index contributed by atoms with van der Waals surface area (Å²) in [5, 5.41) is 28.0. The highest BCUT2D eigenvalue weighted by atomic mass is 16.6. The van der Waals surface area contributed by atoms with Gasteiger partial charge in [0.1, 0.15) is 5.69 Å². The van der Waals surface area contributed by atoms with E-state index in [4.69, 9.17) is 0 Å². The number of benzene rings is 1. The lowest BCUT2D eigenvalue weighted by molar-refractivity contribution is -0.393. The lowest BCUT2D eigenvalue weighted by atomic mass is 10.2. The van der Waals surface area contributed by atoms with Gasteiger partial charge in [-0.3, -0.25) is 30.4 Å². The van der Waals surface area contributed by atoms with Crippen LogP contribution < -0.4 is 10.7 Å². The Hall–Kier alpha value is -3.30. The zero-order valence-corrected chi connectivity index (χ0v) is 12.5. The number of nitro groups is 2. The van der Waals surface area contributed by atoms with E-state index >= 15 is 0 Å². The number of hydrogen-bond donors (Lipinski definition) is 2. The van der Waals surface area contributed by atoms with Crippen LogP contribution in [-0.4, -0.2) is 28.0 Å². The first kappa shape index (κ1) is 17.8. The number of nitrogens with one attached hydrogen (secondary N) is 2. The van der Waals surface area contributed by atoms with Gasteiger partial charge in [0.2, 0.25) is 5.91 Å².